The fourth-order valence-electron chi connectivity index (χ4n) is 2.62. The van der Waals surface area contributed by atoms with Crippen LogP contribution in [0.3, 0.4) is 0 Å². The molecule has 0 aromatic rings. The van der Waals surface area contributed by atoms with Crippen molar-refractivity contribution >= 4 is 0 Å². The molecule has 15 heavy (non-hydrogen) atoms. The lowest BCUT2D eigenvalue weighted by Gasteiger charge is -2.28. The molecule has 0 radical (unpaired) electrons. The predicted octanol–water partition coefficient (Wildman–Crippen LogP) is 2.41. The molecule has 1 heterocycles. The van der Waals surface area contributed by atoms with Gasteiger partial charge in [-0.3, -0.25) is 5.01 Å². The highest BCUT2D eigenvalue weighted by Gasteiger charge is 2.33. The Balaban J connectivity index is 1.96. The normalized spacial score (nSPS) is 36.1. The molecular weight excluding hydrogens is 190 g/mol. The average Bonchev–Trinajstić information content (AvgIpc) is 2.50. The smallest absolute Gasteiger partial charge is 0.0974 e. The van der Waals surface area contributed by atoms with Crippen LogP contribution in [0.4, 0.5) is 0 Å². The van der Waals surface area contributed by atoms with E-state index in [-0.39, 0.29) is 0 Å². The van der Waals surface area contributed by atoms with Gasteiger partial charge in [0.05, 0.1) is 18.2 Å². The quantitative estimate of drug-likeness (QED) is 0.703. The van der Waals surface area contributed by atoms with Gasteiger partial charge in [-0.15, -0.1) is 0 Å². The maximum Gasteiger partial charge on any atom is 0.0974 e. The fourth-order valence-corrected chi connectivity index (χ4v) is 2.62. The molecule has 0 amide bonds. The van der Waals surface area contributed by atoms with E-state index in [2.05, 4.69) is 17.3 Å². The molecule has 0 aromatic carbocycles. The first-order chi connectivity index (χ1) is 7.31. The first-order valence-electron chi connectivity index (χ1n) is 6.06. The van der Waals surface area contributed by atoms with Gasteiger partial charge < -0.3 is 4.74 Å². The van der Waals surface area contributed by atoms with Gasteiger partial charge in [0.15, 0.2) is 0 Å². The molecule has 0 N–H and O–H groups in total. The summed E-state index contributed by atoms with van der Waals surface area (Å²) in [5.74, 6) is 0. The molecule has 0 spiro atoms. The highest BCUT2D eigenvalue weighted by molar-refractivity contribution is 4.88. The number of fused-ring (bicyclic) bond motifs is 1. The van der Waals surface area contributed by atoms with Crippen molar-refractivity contribution in [1.82, 2.24) is 5.01 Å². The Labute approximate surface area is 91.7 Å². The minimum atomic E-state index is 0.367. The second-order valence-corrected chi connectivity index (χ2v) is 4.51. The third-order valence-corrected chi connectivity index (χ3v) is 3.45. The van der Waals surface area contributed by atoms with E-state index in [1.165, 1.54) is 25.7 Å². The van der Waals surface area contributed by atoms with Crippen molar-refractivity contribution in [2.75, 3.05) is 13.7 Å². The number of hydrogen-bond donors (Lipinski definition) is 0. The van der Waals surface area contributed by atoms with E-state index >= 15 is 0 Å². The lowest BCUT2D eigenvalue weighted by atomic mass is 9.91. The van der Waals surface area contributed by atoms with Crippen LogP contribution in [0, 0.1) is 0 Å². The van der Waals surface area contributed by atoms with Crippen molar-refractivity contribution in [3.63, 3.8) is 0 Å². The number of hydrogen-bond acceptors (Lipinski definition) is 4. The Morgan fingerprint density at radius 1 is 1.33 bits per heavy atom. The minimum absolute atomic E-state index is 0.367. The second kappa shape index (κ2) is 4.92. The van der Waals surface area contributed by atoms with E-state index in [4.69, 9.17) is 4.74 Å². The van der Waals surface area contributed by atoms with Gasteiger partial charge in [-0.2, -0.15) is 5.11 Å². The van der Waals surface area contributed by atoms with E-state index in [0.29, 0.717) is 18.2 Å². The fraction of sp³-hybridized carbons (Fsp3) is 1.00. The SMILES string of the molecule is CCOC1CCCCC2C(C1)N=NN2C. The third kappa shape index (κ3) is 2.48. The van der Waals surface area contributed by atoms with E-state index in [9.17, 15) is 0 Å². The summed E-state index contributed by atoms with van der Waals surface area (Å²) in [4.78, 5) is 0. The van der Waals surface area contributed by atoms with Crippen LogP contribution >= 0.6 is 0 Å². The number of ether oxygens (including phenoxy) is 1. The van der Waals surface area contributed by atoms with Crippen molar-refractivity contribution in [1.29, 1.82) is 0 Å². The highest BCUT2D eigenvalue weighted by atomic mass is 16.5. The molecule has 0 bridgehead atoms. The Morgan fingerprint density at radius 2 is 2.13 bits per heavy atom. The summed E-state index contributed by atoms with van der Waals surface area (Å²) in [7, 11) is 2.03. The second-order valence-electron chi connectivity index (χ2n) is 4.51. The summed E-state index contributed by atoms with van der Waals surface area (Å²) in [6.45, 7) is 2.88. The predicted molar refractivity (Wildman–Crippen MR) is 58.7 cm³/mol. The standard InChI is InChI=1S/C11H21N3O/c1-3-15-9-6-4-5-7-11-10(8-9)12-13-14(11)2/h9-11H,3-8H2,1-2H3. The molecule has 2 aliphatic rings. The third-order valence-electron chi connectivity index (χ3n) is 3.45. The molecule has 3 unspecified atom stereocenters. The number of nitrogens with zero attached hydrogens (tertiary/aromatic N) is 3. The summed E-state index contributed by atoms with van der Waals surface area (Å²) in [6.07, 6.45) is 6.42. The summed E-state index contributed by atoms with van der Waals surface area (Å²) < 4.78 is 5.74. The maximum absolute atomic E-state index is 5.74. The Hall–Kier alpha value is -0.640. The van der Waals surface area contributed by atoms with Crippen LogP contribution in [0.2, 0.25) is 0 Å². The van der Waals surface area contributed by atoms with Gasteiger partial charge in [0.1, 0.15) is 0 Å². The molecule has 4 heteroatoms. The summed E-state index contributed by atoms with van der Waals surface area (Å²) in [5, 5.41) is 10.5. The zero-order valence-electron chi connectivity index (χ0n) is 9.72. The van der Waals surface area contributed by atoms with Gasteiger partial charge in [-0.1, -0.05) is 18.1 Å². The van der Waals surface area contributed by atoms with Crippen LogP contribution in [-0.4, -0.2) is 36.9 Å². The highest BCUT2D eigenvalue weighted by Crippen LogP contribution is 2.29. The Kier molecular flexibility index (Phi) is 3.57. The van der Waals surface area contributed by atoms with Crippen LogP contribution in [0.5, 0.6) is 0 Å². The monoisotopic (exact) mass is 211 g/mol. The van der Waals surface area contributed by atoms with Crippen molar-refractivity contribution in [3.8, 4) is 0 Å². The van der Waals surface area contributed by atoms with Crippen LogP contribution in [0.1, 0.15) is 39.0 Å². The first-order valence-corrected chi connectivity index (χ1v) is 6.06. The zero-order chi connectivity index (χ0) is 10.7. The molecular formula is C11H21N3O. The van der Waals surface area contributed by atoms with Crippen LogP contribution < -0.4 is 0 Å². The molecule has 4 nitrogen and oxygen atoms in total. The summed E-state index contributed by atoms with van der Waals surface area (Å²) in [6, 6.07) is 0.889. The largest absolute Gasteiger partial charge is 0.378 e. The van der Waals surface area contributed by atoms with E-state index in [1.807, 2.05) is 12.1 Å². The zero-order valence-corrected chi connectivity index (χ0v) is 9.72. The minimum Gasteiger partial charge on any atom is -0.378 e. The van der Waals surface area contributed by atoms with E-state index in [0.717, 1.165) is 13.0 Å². The van der Waals surface area contributed by atoms with E-state index in [1.54, 1.807) is 0 Å². The van der Waals surface area contributed by atoms with Gasteiger partial charge >= 0.3 is 0 Å². The molecule has 86 valence electrons. The lowest BCUT2D eigenvalue weighted by molar-refractivity contribution is 0.0349. The van der Waals surface area contributed by atoms with Crippen LogP contribution in [0.25, 0.3) is 0 Å². The van der Waals surface area contributed by atoms with Gasteiger partial charge in [0.25, 0.3) is 0 Å². The number of likely N-dealkylation sites (N-methyl/N-ethyl adjacent to an activating group) is 1. The van der Waals surface area contributed by atoms with Gasteiger partial charge in [-0.05, 0) is 26.2 Å². The van der Waals surface area contributed by atoms with Gasteiger partial charge in [0, 0.05) is 13.7 Å². The first kappa shape index (κ1) is 10.9. The maximum atomic E-state index is 5.74. The van der Waals surface area contributed by atoms with E-state index < -0.39 is 0 Å². The molecule has 1 fully saturated rings. The van der Waals surface area contributed by atoms with Crippen molar-refractivity contribution in [2.45, 2.75) is 57.2 Å². The van der Waals surface area contributed by atoms with Crippen molar-refractivity contribution < 1.29 is 4.74 Å². The van der Waals surface area contributed by atoms with Crippen LogP contribution in [0.15, 0.2) is 10.3 Å². The molecule has 3 atom stereocenters. The molecule has 1 aliphatic carbocycles. The molecule has 0 saturated heterocycles. The van der Waals surface area contributed by atoms with Gasteiger partial charge in [-0.25, -0.2) is 0 Å². The molecule has 1 saturated carbocycles. The lowest BCUT2D eigenvalue weighted by Crippen LogP contribution is -2.36. The van der Waals surface area contributed by atoms with Crippen molar-refractivity contribution in [2.24, 2.45) is 10.3 Å². The topological polar surface area (TPSA) is 37.2 Å². The molecule has 0 aromatic heterocycles. The summed E-state index contributed by atoms with van der Waals surface area (Å²) >= 11 is 0. The van der Waals surface area contributed by atoms with Gasteiger partial charge in [0.2, 0.25) is 0 Å². The van der Waals surface area contributed by atoms with Crippen molar-refractivity contribution in [3.05, 3.63) is 0 Å². The molecule has 1 aliphatic heterocycles. The van der Waals surface area contributed by atoms with Crippen LogP contribution in [-0.2, 0) is 4.74 Å². The Morgan fingerprint density at radius 3 is 2.93 bits per heavy atom. The summed E-state index contributed by atoms with van der Waals surface area (Å²) in [5.41, 5.74) is 0. The molecule has 2 rings (SSSR count). The number of rotatable bonds is 2. The Bertz CT molecular complexity index is 232. The average molecular weight is 211 g/mol.